The van der Waals surface area contributed by atoms with E-state index < -0.39 is 0 Å². The highest BCUT2D eigenvalue weighted by atomic mass is 35.5. The summed E-state index contributed by atoms with van der Waals surface area (Å²) in [5.41, 5.74) is 1.13. The van der Waals surface area contributed by atoms with Gasteiger partial charge in [-0.15, -0.1) is 22.9 Å². The van der Waals surface area contributed by atoms with Crippen LogP contribution in [0.2, 0.25) is 0 Å². The minimum Gasteiger partial charge on any atom is -0.247 e. The number of hydrogen-bond donors (Lipinski definition) is 0. The van der Waals surface area contributed by atoms with E-state index in [0.29, 0.717) is 5.92 Å². The molecule has 0 saturated carbocycles. The van der Waals surface area contributed by atoms with Crippen LogP contribution in [-0.2, 0) is 6.42 Å². The molecule has 1 aromatic rings. The molecule has 1 heterocycles. The average molecular weight is 232 g/mol. The second-order valence-electron chi connectivity index (χ2n) is 4.24. The molecule has 0 radical (unpaired) electrons. The van der Waals surface area contributed by atoms with Gasteiger partial charge in [-0.05, 0) is 25.2 Å². The highest BCUT2D eigenvalue weighted by Gasteiger charge is 2.12. The fourth-order valence-electron chi connectivity index (χ4n) is 1.61. The predicted octanol–water partition coefficient (Wildman–Crippen LogP) is 3.90. The third kappa shape index (κ3) is 3.97. The van der Waals surface area contributed by atoms with Crippen molar-refractivity contribution in [2.75, 3.05) is 5.88 Å². The highest BCUT2D eigenvalue weighted by Crippen LogP contribution is 2.20. The molecule has 0 bridgehead atoms. The number of halogens is 1. The number of aromatic nitrogens is 1. The molecule has 0 aliphatic rings. The first kappa shape index (κ1) is 12.0. The van der Waals surface area contributed by atoms with Crippen molar-refractivity contribution in [3.05, 3.63) is 16.1 Å². The molecule has 0 amide bonds. The van der Waals surface area contributed by atoms with Gasteiger partial charge in [-0.1, -0.05) is 13.8 Å². The van der Waals surface area contributed by atoms with E-state index in [1.807, 2.05) is 6.92 Å². The first-order valence-electron chi connectivity index (χ1n) is 5.08. The van der Waals surface area contributed by atoms with Crippen molar-refractivity contribution in [3.63, 3.8) is 0 Å². The van der Waals surface area contributed by atoms with Gasteiger partial charge in [0.05, 0.1) is 5.01 Å². The molecule has 0 saturated heterocycles. The third-order valence-electron chi connectivity index (χ3n) is 2.15. The molecule has 0 aromatic carbocycles. The monoisotopic (exact) mass is 231 g/mol. The SMILES string of the molecule is Cc1csc(CC(CCl)CC(C)C)n1. The summed E-state index contributed by atoms with van der Waals surface area (Å²) in [6.45, 7) is 6.53. The van der Waals surface area contributed by atoms with Crippen molar-refractivity contribution in [2.24, 2.45) is 11.8 Å². The molecule has 1 rings (SSSR count). The van der Waals surface area contributed by atoms with Crippen molar-refractivity contribution in [1.82, 2.24) is 4.98 Å². The van der Waals surface area contributed by atoms with Gasteiger partial charge in [0.2, 0.25) is 0 Å². The van der Waals surface area contributed by atoms with E-state index >= 15 is 0 Å². The van der Waals surface area contributed by atoms with Gasteiger partial charge in [-0.3, -0.25) is 0 Å². The third-order valence-corrected chi connectivity index (χ3v) is 3.58. The van der Waals surface area contributed by atoms with Gasteiger partial charge in [0.15, 0.2) is 0 Å². The van der Waals surface area contributed by atoms with Crippen LogP contribution >= 0.6 is 22.9 Å². The van der Waals surface area contributed by atoms with Crippen molar-refractivity contribution in [1.29, 1.82) is 0 Å². The van der Waals surface area contributed by atoms with Gasteiger partial charge in [0.25, 0.3) is 0 Å². The van der Waals surface area contributed by atoms with Gasteiger partial charge in [0, 0.05) is 23.4 Å². The first-order chi connectivity index (χ1) is 6.61. The van der Waals surface area contributed by atoms with Crippen molar-refractivity contribution in [3.8, 4) is 0 Å². The van der Waals surface area contributed by atoms with E-state index in [1.165, 1.54) is 11.4 Å². The maximum absolute atomic E-state index is 5.95. The van der Waals surface area contributed by atoms with Crippen molar-refractivity contribution >= 4 is 22.9 Å². The van der Waals surface area contributed by atoms with Crippen LogP contribution in [0, 0.1) is 18.8 Å². The summed E-state index contributed by atoms with van der Waals surface area (Å²) in [5.74, 6) is 2.05. The lowest BCUT2D eigenvalue weighted by Gasteiger charge is -2.14. The highest BCUT2D eigenvalue weighted by molar-refractivity contribution is 7.09. The fraction of sp³-hybridized carbons (Fsp3) is 0.727. The minimum atomic E-state index is 0.585. The topological polar surface area (TPSA) is 12.9 Å². The smallest absolute Gasteiger partial charge is 0.0931 e. The molecule has 1 aromatic heterocycles. The van der Waals surface area contributed by atoms with E-state index in [4.69, 9.17) is 11.6 Å². The first-order valence-corrected chi connectivity index (χ1v) is 6.50. The lowest BCUT2D eigenvalue weighted by Crippen LogP contribution is -2.09. The summed E-state index contributed by atoms with van der Waals surface area (Å²) in [4.78, 5) is 4.47. The predicted molar refractivity (Wildman–Crippen MR) is 64.2 cm³/mol. The van der Waals surface area contributed by atoms with E-state index in [2.05, 4.69) is 24.2 Å². The van der Waals surface area contributed by atoms with Crippen LogP contribution in [0.1, 0.15) is 31.0 Å². The summed E-state index contributed by atoms with van der Waals surface area (Å²) >= 11 is 7.70. The Balaban J connectivity index is 2.48. The number of thiazole rings is 1. The summed E-state index contributed by atoms with van der Waals surface area (Å²) in [5, 5.41) is 3.34. The van der Waals surface area contributed by atoms with Crippen molar-refractivity contribution in [2.45, 2.75) is 33.6 Å². The normalized spacial score (nSPS) is 13.5. The molecule has 0 aliphatic carbocycles. The van der Waals surface area contributed by atoms with Gasteiger partial charge >= 0.3 is 0 Å². The van der Waals surface area contributed by atoms with E-state index in [-0.39, 0.29) is 0 Å². The molecular weight excluding hydrogens is 214 g/mol. The standard InChI is InChI=1S/C11H18ClNS/c1-8(2)4-10(6-12)5-11-13-9(3)7-14-11/h7-8,10H,4-6H2,1-3H3. The molecular formula is C11H18ClNS. The van der Waals surface area contributed by atoms with Crippen LogP contribution in [0.15, 0.2) is 5.38 Å². The number of hydrogen-bond acceptors (Lipinski definition) is 2. The summed E-state index contributed by atoms with van der Waals surface area (Å²) in [7, 11) is 0. The maximum Gasteiger partial charge on any atom is 0.0931 e. The van der Waals surface area contributed by atoms with Crippen LogP contribution in [0.5, 0.6) is 0 Å². The molecule has 3 heteroatoms. The summed E-state index contributed by atoms with van der Waals surface area (Å²) < 4.78 is 0. The number of nitrogens with zero attached hydrogens (tertiary/aromatic N) is 1. The van der Waals surface area contributed by atoms with Crippen LogP contribution in [0.4, 0.5) is 0 Å². The van der Waals surface area contributed by atoms with Crippen LogP contribution < -0.4 is 0 Å². The van der Waals surface area contributed by atoms with Gasteiger partial charge in [-0.2, -0.15) is 0 Å². The Morgan fingerprint density at radius 2 is 2.21 bits per heavy atom. The second-order valence-corrected chi connectivity index (χ2v) is 5.49. The van der Waals surface area contributed by atoms with Gasteiger partial charge < -0.3 is 0 Å². The summed E-state index contributed by atoms with van der Waals surface area (Å²) in [6.07, 6.45) is 2.24. The fourth-order valence-corrected chi connectivity index (χ4v) is 2.73. The zero-order chi connectivity index (χ0) is 10.6. The van der Waals surface area contributed by atoms with E-state index in [0.717, 1.165) is 23.9 Å². The average Bonchev–Trinajstić information content (AvgIpc) is 2.49. The molecule has 0 aliphatic heterocycles. The minimum absolute atomic E-state index is 0.585. The lowest BCUT2D eigenvalue weighted by atomic mass is 9.96. The Morgan fingerprint density at radius 3 is 2.64 bits per heavy atom. The molecule has 1 nitrogen and oxygen atoms in total. The van der Waals surface area contributed by atoms with Crippen LogP contribution in [0.3, 0.4) is 0 Å². The quantitative estimate of drug-likeness (QED) is 0.701. The maximum atomic E-state index is 5.95. The van der Waals surface area contributed by atoms with E-state index in [1.54, 1.807) is 11.3 Å². The Labute approximate surface area is 95.5 Å². The molecule has 80 valence electrons. The molecule has 0 spiro atoms. The Hall–Kier alpha value is -0.0800. The Kier molecular flexibility index (Phi) is 4.90. The number of rotatable bonds is 5. The molecule has 14 heavy (non-hydrogen) atoms. The molecule has 1 unspecified atom stereocenters. The van der Waals surface area contributed by atoms with Gasteiger partial charge in [-0.25, -0.2) is 4.98 Å². The zero-order valence-electron chi connectivity index (χ0n) is 9.09. The second kappa shape index (κ2) is 5.72. The van der Waals surface area contributed by atoms with Crippen molar-refractivity contribution < 1.29 is 0 Å². The van der Waals surface area contributed by atoms with E-state index in [9.17, 15) is 0 Å². The lowest BCUT2D eigenvalue weighted by molar-refractivity contribution is 0.440. The van der Waals surface area contributed by atoms with Gasteiger partial charge in [0.1, 0.15) is 0 Å². The Morgan fingerprint density at radius 1 is 1.50 bits per heavy atom. The summed E-state index contributed by atoms with van der Waals surface area (Å²) in [6, 6.07) is 0. The number of alkyl halides is 1. The molecule has 0 N–H and O–H groups in total. The number of aryl methyl sites for hydroxylation is 1. The Bertz CT molecular complexity index is 270. The molecule has 1 atom stereocenters. The largest absolute Gasteiger partial charge is 0.247 e. The van der Waals surface area contributed by atoms with Crippen LogP contribution in [0.25, 0.3) is 0 Å². The van der Waals surface area contributed by atoms with Crippen LogP contribution in [-0.4, -0.2) is 10.9 Å². The molecule has 0 fully saturated rings. The zero-order valence-corrected chi connectivity index (χ0v) is 10.7.